The van der Waals surface area contributed by atoms with E-state index in [1.165, 1.54) is 6.42 Å². The van der Waals surface area contributed by atoms with Crippen LogP contribution in [0.1, 0.15) is 31.4 Å². The Bertz CT molecular complexity index is 335. The molecule has 0 aromatic carbocycles. The molecule has 4 heteroatoms. The minimum absolute atomic E-state index is 0.114. The SMILES string of the molecule is Cc1cc(N)nn1CC1CCCC(O)C1. The van der Waals surface area contributed by atoms with Crippen molar-refractivity contribution in [3.8, 4) is 0 Å². The molecule has 1 fully saturated rings. The zero-order valence-corrected chi connectivity index (χ0v) is 9.19. The summed E-state index contributed by atoms with van der Waals surface area (Å²) in [6, 6.07) is 1.89. The van der Waals surface area contributed by atoms with Crippen LogP contribution in [0.15, 0.2) is 6.07 Å². The normalized spacial score (nSPS) is 26.8. The lowest BCUT2D eigenvalue weighted by molar-refractivity contribution is 0.0939. The van der Waals surface area contributed by atoms with E-state index in [2.05, 4.69) is 5.10 Å². The smallest absolute Gasteiger partial charge is 0.145 e. The molecule has 1 aliphatic carbocycles. The standard InChI is InChI=1S/C11H19N3O/c1-8-5-11(12)13-14(8)7-9-3-2-4-10(15)6-9/h5,9-10,15H,2-4,6-7H2,1H3,(H2,12,13). The Labute approximate surface area is 90.1 Å². The highest BCUT2D eigenvalue weighted by atomic mass is 16.3. The Kier molecular flexibility index (Phi) is 2.95. The van der Waals surface area contributed by atoms with Crippen molar-refractivity contribution in [3.63, 3.8) is 0 Å². The fraction of sp³-hybridized carbons (Fsp3) is 0.727. The first kappa shape index (κ1) is 10.5. The third kappa shape index (κ3) is 2.50. The van der Waals surface area contributed by atoms with Crippen molar-refractivity contribution in [3.05, 3.63) is 11.8 Å². The van der Waals surface area contributed by atoms with E-state index >= 15 is 0 Å². The van der Waals surface area contributed by atoms with Gasteiger partial charge in [0.2, 0.25) is 0 Å². The zero-order valence-electron chi connectivity index (χ0n) is 9.19. The molecule has 1 heterocycles. The molecule has 1 aromatic rings. The van der Waals surface area contributed by atoms with Crippen LogP contribution < -0.4 is 5.73 Å². The van der Waals surface area contributed by atoms with Crippen LogP contribution in [0.2, 0.25) is 0 Å². The molecule has 84 valence electrons. The van der Waals surface area contributed by atoms with Crippen LogP contribution in [-0.4, -0.2) is 21.0 Å². The number of aliphatic hydroxyl groups excluding tert-OH is 1. The second-order valence-electron chi connectivity index (χ2n) is 4.58. The molecular weight excluding hydrogens is 190 g/mol. The topological polar surface area (TPSA) is 64.1 Å². The summed E-state index contributed by atoms with van der Waals surface area (Å²) in [7, 11) is 0. The predicted molar refractivity (Wildman–Crippen MR) is 59.3 cm³/mol. The molecule has 1 aliphatic rings. The van der Waals surface area contributed by atoms with E-state index in [-0.39, 0.29) is 6.10 Å². The minimum Gasteiger partial charge on any atom is -0.393 e. The first-order chi connectivity index (χ1) is 7.15. The number of nitrogens with two attached hydrogens (primary N) is 1. The summed E-state index contributed by atoms with van der Waals surface area (Å²) in [5.41, 5.74) is 6.73. The Morgan fingerprint density at radius 2 is 2.40 bits per heavy atom. The second-order valence-corrected chi connectivity index (χ2v) is 4.58. The van der Waals surface area contributed by atoms with Crippen molar-refractivity contribution in [2.45, 2.75) is 45.3 Å². The summed E-state index contributed by atoms with van der Waals surface area (Å²) in [5, 5.41) is 13.8. The lowest BCUT2D eigenvalue weighted by Crippen LogP contribution is -2.23. The number of aromatic nitrogens is 2. The third-order valence-electron chi connectivity index (χ3n) is 3.19. The zero-order chi connectivity index (χ0) is 10.8. The Balaban J connectivity index is 1.99. The lowest BCUT2D eigenvalue weighted by Gasteiger charge is -2.25. The van der Waals surface area contributed by atoms with E-state index in [9.17, 15) is 5.11 Å². The molecule has 0 bridgehead atoms. The first-order valence-electron chi connectivity index (χ1n) is 5.63. The highest BCUT2D eigenvalue weighted by molar-refractivity contribution is 5.28. The van der Waals surface area contributed by atoms with Crippen LogP contribution in [-0.2, 0) is 6.54 Å². The van der Waals surface area contributed by atoms with Gasteiger partial charge in [0.1, 0.15) is 5.82 Å². The van der Waals surface area contributed by atoms with Gasteiger partial charge in [0.15, 0.2) is 0 Å². The van der Waals surface area contributed by atoms with Gasteiger partial charge in [-0.05, 0) is 32.1 Å². The van der Waals surface area contributed by atoms with Gasteiger partial charge in [0, 0.05) is 18.3 Å². The van der Waals surface area contributed by atoms with Gasteiger partial charge >= 0.3 is 0 Å². The Hall–Kier alpha value is -1.03. The summed E-state index contributed by atoms with van der Waals surface area (Å²) in [6.45, 7) is 2.91. The number of aryl methyl sites for hydroxylation is 1. The Morgan fingerprint density at radius 3 is 3.00 bits per heavy atom. The van der Waals surface area contributed by atoms with Crippen LogP contribution in [0.25, 0.3) is 0 Å². The first-order valence-corrected chi connectivity index (χ1v) is 5.63. The average molecular weight is 209 g/mol. The van der Waals surface area contributed by atoms with Gasteiger partial charge in [-0.1, -0.05) is 6.42 Å². The maximum absolute atomic E-state index is 9.58. The summed E-state index contributed by atoms with van der Waals surface area (Å²) >= 11 is 0. The molecule has 0 amide bonds. The summed E-state index contributed by atoms with van der Waals surface area (Å²) in [6.07, 6.45) is 4.06. The molecule has 3 N–H and O–H groups in total. The molecule has 0 aliphatic heterocycles. The fourth-order valence-electron chi connectivity index (χ4n) is 2.39. The number of nitrogen functional groups attached to an aromatic ring is 1. The van der Waals surface area contributed by atoms with Crippen molar-refractivity contribution >= 4 is 5.82 Å². The largest absolute Gasteiger partial charge is 0.393 e. The second kappa shape index (κ2) is 4.23. The van der Waals surface area contributed by atoms with Crippen molar-refractivity contribution < 1.29 is 5.11 Å². The monoisotopic (exact) mass is 209 g/mol. The number of hydrogen-bond donors (Lipinski definition) is 2. The van der Waals surface area contributed by atoms with Crippen LogP contribution in [0.3, 0.4) is 0 Å². The quantitative estimate of drug-likeness (QED) is 0.772. The van der Waals surface area contributed by atoms with Gasteiger partial charge in [-0.15, -0.1) is 0 Å². The third-order valence-corrected chi connectivity index (χ3v) is 3.19. The molecule has 15 heavy (non-hydrogen) atoms. The summed E-state index contributed by atoms with van der Waals surface area (Å²) in [5.74, 6) is 1.13. The van der Waals surface area contributed by atoms with Crippen LogP contribution in [0, 0.1) is 12.8 Å². The van der Waals surface area contributed by atoms with Gasteiger partial charge in [-0.25, -0.2) is 0 Å². The predicted octanol–water partition coefficient (Wildman–Crippen LogP) is 1.32. The molecule has 0 radical (unpaired) electrons. The van der Waals surface area contributed by atoms with Crippen molar-refractivity contribution in [2.24, 2.45) is 5.92 Å². The lowest BCUT2D eigenvalue weighted by atomic mass is 9.87. The number of nitrogens with zero attached hydrogens (tertiary/aromatic N) is 2. The van der Waals surface area contributed by atoms with Crippen molar-refractivity contribution in [1.82, 2.24) is 9.78 Å². The van der Waals surface area contributed by atoms with E-state index < -0.39 is 0 Å². The van der Waals surface area contributed by atoms with Crippen LogP contribution >= 0.6 is 0 Å². The van der Waals surface area contributed by atoms with E-state index in [1.54, 1.807) is 0 Å². The van der Waals surface area contributed by atoms with Gasteiger partial charge in [-0.3, -0.25) is 4.68 Å². The van der Waals surface area contributed by atoms with E-state index in [0.29, 0.717) is 11.7 Å². The minimum atomic E-state index is -0.114. The number of aliphatic hydroxyl groups is 1. The average Bonchev–Trinajstić information content (AvgIpc) is 2.45. The highest BCUT2D eigenvalue weighted by Crippen LogP contribution is 2.25. The molecule has 0 saturated heterocycles. The molecule has 1 aromatic heterocycles. The van der Waals surface area contributed by atoms with Gasteiger partial charge < -0.3 is 10.8 Å². The molecule has 4 nitrogen and oxygen atoms in total. The maximum atomic E-state index is 9.58. The van der Waals surface area contributed by atoms with E-state index in [1.807, 2.05) is 17.7 Å². The van der Waals surface area contributed by atoms with Crippen molar-refractivity contribution in [1.29, 1.82) is 0 Å². The van der Waals surface area contributed by atoms with E-state index in [4.69, 9.17) is 5.73 Å². The number of hydrogen-bond acceptors (Lipinski definition) is 3. The van der Waals surface area contributed by atoms with Gasteiger partial charge in [0.05, 0.1) is 6.10 Å². The fourth-order valence-corrected chi connectivity index (χ4v) is 2.39. The Morgan fingerprint density at radius 1 is 1.60 bits per heavy atom. The number of rotatable bonds is 2. The molecule has 2 atom stereocenters. The number of anilines is 1. The van der Waals surface area contributed by atoms with Crippen LogP contribution in [0.5, 0.6) is 0 Å². The molecule has 1 saturated carbocycles. The molecule has 0 spiro atoms. The van der Waals surface area contributed by atoms with E-state index in [0.717, 1.165) is 31.5 Å². The summed E-state index contributed by atoms with van der Waals surface area (Å²) in [4.78, 5) is 0. The van der Waals surface area contributed by atoms with Crippen LogP contribution in [0.4, 0.5) is 5.82 Å². The van der Waals surface area contributed by atoms with Crippen molar-refractivity contribution in [2.75, 3.05) is 5.73 Å². The summed E-state index contributed by atoms with van der Waals surface area (Å²) < 4.78 is 1.96. The molecule has 2 rings (SSSR count). The maximum Gasteiger partial charge on any atom is 0.145 e. The van der Waals surface area contributed by atoms with Gasteiger partial charge in [-0.2, -0.15) is 5.10 Å². The molecule has 2 unspecified atom stereocenters. The highest BCUT2D eigenvalue weighted by Gasteiger charge is 2.21. The van der Waals surface area contributed by atoms with Gasteiger partial charge in [0.25, 0.3) is 0 Å². The molecular formula is C11H19N3O.